The summed E-state index contributed by atoms with van der Waals surface area (Å²) in [4.78, 5) is 16.5. The number of methoxy groups -OCH3 is 1. The fraction of sp³-hybridized carbons (Fsp3) is 0.200. The number of carbonyl (C=O) groups excluding carboxylic acids is 1. The number of hydrogen-bond donors (Lipinski definition) is 1. The van der Waals surface area contributed by atoms with E-state index in [9.17, 15) is 4.79 Å². The number of benzene rings is 1. The highest BCUT2D eigenvalue weighted by molar-refractivity contribution is 7.99. The molecule has 1 amide bonds. The van der Waals surface area contributed by atoms with Crippen LogP contribution in [0.2, 0.25) is 5.02 Å². The number of allylic oxidation sites excluding steroid dienone is 1. The molecule has 0 saturated heterocycles. The van der Waals surface area contributed by atoms with Gasteiger partial charge in [-0.05, 0) is 30.7 Å². The highest BCUT2D eigenvalue weighted by Crippen LogP contribution is 2.31. The van der Waals surface area contributed by atoms with E-state index in [2.05, 4.69) is 27.1 Å². The minimum absolute atomic E-state index is 0.163. The standard InChI is InChI=1S/C20H20ClN5O2S/c1-4-9-26-19(14-5-7-22-8-6-14)24-25-20(26)29-12-18(27)23-16-10-13(2)15(21)11-17(16)28-3/h4-8,10-11H,1,9,12H2,2-3H3,(H,23,27). The number of rotatable bonds is 8. The Bertz CT molecular complexity index is 1020. The number of anilines is 1. The Kier molecular flexibility index (Phi) is 6.90. The molecule has 7 nitrogen and oxygen atoms in total. The minimum atomic E-state index is -0.186. The quantitative estimate of drug-likeness (QED) is 0.426. The molecule has 9 heteroatoms. The molecule has 2 heterocycles. The Morgan fingerprint density at radius 3 is 2.79 bits per heavy atom. The van der Waals surface area contributed by atoms with Crippen LogP contribution < -0.4 is 10.1 Å². The van der Waals surface area contributed by atoms with Crippen molar-refractivity contribution < 1.29 is 9.53 Å². The lowest BCUT2D eigenvalue weighted by Gasteiger charge is -2.12. The molecule has 0 saturated carbocycles. The van der Waals surface area contributed by atoms with E-state index in [4.69, 9.17) is 16.3 Å². The van der Waals surface area contributed by atoms with Gasteiger partial charge < -0.3 is 10.1 Å². The lowest BCUT2D eigenvalue weighted by molar-refractivity contribution is -0.113. The smallest absolute Gasteiger partial charge is 0.234 e. The van der Waals surface area contributed by atoms with Crippen molar-refractivity contribution in [3.63, 3.8) is 0 Å². The van der Waals surface area contributed by atoms with Crippen molar-refractivity contribution in [2.75, 3.05) is 18.2 Å². The van der Waals surface area contributed by atoms with Crippen molar-refractivity contribution >= 4 is 35.0 Å². The number of thioether (sulfide) groups is 1. The summed E-state index contributed by atoms with van der Waals surface area (Å²) in [7, 11) is 1.53. The van der Waals surface area contributed by atoms with Crippen LogP contribution in [0.1, 0.15) is 5.56 Å². The summed E-state index contributed by atoms with van der Waals surface area (Å²) in [5.41, 5.74) is 2.32. The summed E-state index contributed by atoms with van der Waals surface area (Å²) >= 11 is 7.41. The highest BCUT2D eigenvalue weighted by atomic mass is 35.5. The van der Waals surface area contributed by atoms with Gasteiger partial charge in [-0.2, -0.15) is 0 Å². The number of ether oxygens (including phenoxy) is 1. The molecule has 0 radical (unpaired) electrons. The molecule has 29 heavy (non-hydrogen) atoms. The van der Waals surface area contributed by atoms with Gasteiger partial charge in [0, 0.05) is 35.6 Å². The first-order chi connectivity index (χ1) is 14.0. The second-order valence-electron chi connectivity index (χ2n) is 6.08. The van der Waals surface area contributed by atoms with Crippen molar-refractivity contribution in [3.8, 4) is 17.1 Å². The molecule has 3 rings (SSSR count). The number of aromatic nitrogens is 4. The summed E-state index contributed by atoms with van der Waals surface area (Å²) in [5.74, 6) is 1.18. The van der Waals surface area contributed by atoms with E-state index in [1.54, 1.807) is 30.6 Å². The van der Waals surface area contributed by atoms with Crippen LogP contribution in [-0.4, -0.2) is 38.5 Å². The zero-order valence-corrected chi connectivity index (χ0v) is 17.6. The van der Waals surface area contributed by atoms with Gasteiger partial charge >= 0.3 is 0 Å². The predicted octanol–water partition coefficient (Wildman–Crippen LogP) is 4.23. The van der Waals surface area contributed by atoms with Gasteiger partial charge in [0.05, 0.1) is 18.6 Å². The summed E-state index contributed by atoms with van der Waals surface area (Å²) in [6.45, 7) is 6.19. The largest absolute Gasteiger partial charge is 0.495 e. The summed E-state index contributed by atoms with van der Waals surface area (Å²) in [6, 6.07) is 7.19. The Labute approximate surface area is 178 Å². The Balaban J connectivity index is 1.73. The maximum Gasteiger partial charge on any atom is 0.234 e. The zero-order chi connectivity index (χ0) is 20.8. The topological polar surface area (TPSA) is 81.9 Å². The number of nitrogens with one attached hydrogen (secondary N) is 1. The number of amides is 1. The molecule has 0 aliphatic heterocycles. The van der Waals surface area contributed by atoms with Crippen LogP contribution in [0.4, 0.5) is 5.69 Å². The van der Waals surface area contributed by atoms with E-state index in [1.807, 2.05) is 23.6 Å². The van der Waals surface area contributed by atoms with Crippen LogP contribution in [-0.2, 0) is 11.3 Å². The molecule has 3 aromatic rings. The first kappa shape index (κ1) is 20.9. The third-order valence-electron chi connectivity index (χ3n) is 4.05. The Morgan fingerprint density at radius 2 is 2.10 bits per heavy atom. The van der Waals surface area contributed by atoms with Crippen molar-refractivity contribution in [2.45, 2.75) is 18.6 Å². The summed E-state index contributed by atoms with van der Waals surface area (Å²) < 4.78 is 7.21. The monoisotopic (exact) mass is 429 g/mol. The number of hydrogen-bond acceptors (Lipinski definition) is 6. The van der Waals surface area contributed by atoms with Crippen molar-refractivity contribution in [2.24, 2.45) is 0 Å². The van der Waals surface area contributed by atoms with E-state index in [0.717, 1.165) is 11.1 Å². The van der Waals surface area contributed by atoms with Crippen LogP contribution in [0, 0.1) is 6.92 Å². The summed E-state index contributed by atoms with van der Waals surface area (Å²) in [6.07, 6.45) is 5.16. The Morgan fingerprint density at radius 1 is 1.34 bits per heavy atom. The van der Waals surface area contributed by atoms with Crippen LogP contribution in [0.5, 0.6) is 5.75 Å². The van der Waals surface area contributed by atoms with Gasteiger partial charge in [0.1, 0.15) is 5.75 Å². The first-order valence-electron chi connectivity index (χ1n) is 8.74. The van der Waals surface area contributed by atoms with Crippen molar-refractivity contribution in [3.05, 3.63) is 59.9 Å². The normalized spacial score (nSPS) is 10.6. The molecule has 0 atom stereocenters. The molecular formula is C20H20ClN5O2S. The minimum Gasteiger partial charge on any atom is -0.495 e. The third-order valence-corrected chi connectivity index (χ3v) is 5.43. The second kappa shape index (κ2) is 9.58. The fourth-order valence-electron chi connectivity index (χ4n) is 2.65. The fourth-order valence-corrected chi connectivity index (χ4v) is 3.55. The lowest BCUT2D eigenvalue weighted by atomic mass is 10.2. The molecule has 0 aliphatic carbocycles. The van der Waals surface area contributed by atoms with Crippen molar-refractivity contribution in [1.82, 2.24) is 19.7 Å². The van der Waals surface area contributed by atoms with Gasteiger partial charge in [0.2, 0.25) is 5.91 Å². The van der Waals surface area contributed by atoms with E-state index < -0.39 is 0 Å². The maximum atomic E-state index is 12.5. The molecule has 2 aromatic heterocycles. The van der Waals surface area contributed by atoms with E-state index in [1.165, 1.54) is 18.9 Å². The van der Waals surface area contributed by atoms with E-state index in [-0.39, 0.29) is 11.7 Å². The molecule has 0 aliphatic rings. The number of aryl methyl sites for hydroxylation is 1. The molecular weight excluding hydrogens is 410 g/mol. The molecule has 150 valence electrons. The van der Waals surface area contributed by atoms with Crippen molar-refractivity contribution in [1.29, 1.82) is 0 Å². The number of carbonyl (C=O) groups is 1. The van der Waals surface area contributed by atoms with Gasteiger partial charge in [-0.25, -0.2) is 0 Å². The summed E-state index contributed by atoms with van der Waals surface area (Å²) in [5, 5.41) is 12.6. The zero-order valence-electron chi connectivity index (χ0n) is 16.1. The van der Waals surface area contributed by atoms with Crippen LogP contribution in [0.15, 0.2) is 54.5 Å². The molecule has 1 N–H and O–H groups in total. The van der Waals surface area contributed by atoms with Gasteiger partial charge in [0.25, 0.3) is 0 Å². The number of halogens is 1. The van der Waals surface area contributed by atoms with Crippen LogP contribution in [0.3, 0.4) is 0 Å². The van der Waals surface area contributed by atoms with Gasteiger partial charge in [0.15, 0.2) is 11.0 Å². The molecule has 0 fully saturated rings. The number of pyridine rings is 1. The first-order valence-corrected chi connectivity index (χ1v) is 10.1. The van der Waals surface area contributed by atoms with E-state index in [0.29, 0.717) is 34.0 Å². The second-order valence-corrected chi connectivity index (χ2v) is 7.43. The maximum absolute atomic E-state index is 12.5. The molecule has 0 spiro atoms. The van der Waals surface area contributed by atoms with Crippen LogP contribution in [0.25, 0.3) is 11.4 Å². The highest BCUT2D eigenvalue weighted by Gasteiger charge is 2.16. The van der Waals surface area contributed by atoms with Gasteiger partial charge in [-0.15, -0.1) is 16.8 Å². The average Bonchev–Trinajstić information content (AvgIpc) is 3.12. The average molecular weight is 430 g/mol. The third kappa shape index (κ3) is 4.96. The lowest BCUT2D eigenvalue weighted by Crippen LogP contribution is -2.15. The van der Waals surface area contributed by atoms with Crippen LogP contribution >= 0.6 is 23.4 Å². The van der Waals surface area contributed by atoms with E-state index >= 15 is 0 Å². The predicted molar refractivity (Wildman–Crippen MR) is 116 cm³/mol. The van der Waals surface area contributed by atoms with Gasteiger partial charge in [-0.3, -0.25) is 14.3 Å². The molecule has 0 bridgehead atoms. The molecule has 1 aromatic carbocycles. The number of nitrogens with zero attached hydrogens (tertiary/aromatic N) is 4. The Hall–Kier alpha value is -2.84. The van der Waals surface area contributed by atoms with Gasteiger partial charge in [-0.1, -0.05) is 29.4 Å². The molecule has 0 unspecified atom stereocenters. The SMILES string of the molecule is C=CCn1c(SCC(=O)Nc2cc(C)c(Cl)cc2OC)nnc1-c1ccncc1.